The molecule has 0 saturated heterocycles. The Balaban J connectivity index is 2.69. The van der Waals surface area contributed by atoms with E-state index in [9.17, 15) is 4.79 Å². The van der Waals surface area contributed by atoms with Crippen molar-refractivity contribution in [3.05, 3.63) is 40.6 Å². The van der Waals surface area contributed by atoms with Crippen LogP contribution in [0.3, 0.4) is 0 Å². The predicted octanol–water partition coefficient (Wildman–Crippen LogP) is 1.08. The van der Waals surface area contributed by atoms with E-state index in [1.807, 2.05) is 19.1 Å². The average molecular weight is 189 g/mol. The molecular weight excluding hydrogens is 178 g/mol. The number of hydrogen-bond donors (Lipinski definition) is 1. The maximum absolute atomic E-state index is 11.7. The summed E-state index contributed by atoms with van der Waals surface area (Å²) >= 11 is 0. The molecule has 0 spiro atoms. The van der Waals surface area contributed by atoms with Crippen molar-refractivity contribution in [3.63, 3.8) is 0 Å². The zero-order chi connectivity index (χ0) is 10.1. The predicted molar refractivity (Wildman–Crippen MR) is 54.0 cm³/mol. The first-order valence-electron chi connectivity index (χ1n) is 4.36. The van der Waals surface area contributed by atoms with Gasteiger partial charge in [0.05, 0.1) is 5.56 Å². The molecule has 0 aliphatic rings. The number of aromatic nitrogens is 3. The van der Waals surface area contributed by atoms with Crippen molar-refractivity contribution in [1.82, 2.24) is 14.8 Å². The average Bonchev–Trinajstić information content (AvgIpc) is 2.43. The molecule has 0 atom stereocenters. The van der Waals surface area contributed by atoms with Crippen LogP contribution in [0.15, 0.2) is 29.3 Å². The minimum Gasteiger partial charge on any atom is -0.300 e. The molecule has 2 rings (SSSR count). The van der Waals surface area contributed by atoms with E-state index >= 15 is 0 Å². The Kier molecular flexibility index (Phi) is 1.96. The molecule has 4 nitrogen and oxygen atoms in total. The number of aromatic amines is 1. The number of pyridine rings is 1. The Labute approximate surface area is 81.2 Å². The molecule has 2 aromatic rings. The topological polar surface area (TPSA) is 50.7 Å². The van der Waals surface area contributed by atoms with Crippen LogP contribution in [0.1, 0.15) is 5.69 Å². The van der Waals surface area contributed by atoms with Crippen LogP contribution >= 0.6 is 0 Å². The monoisotopic (exact) mass is 189 g/mol. The minimum atomic E-state index is -0.00583. The number of rotatable bonds is 1. The Hall–Kier alpha value is -1.84. The normalized spacial score (nSPS) is 10.4. The standard InChI is InChI=1S/C10H11N3O/c1-7-9(10(14)13(2)12-7)8-3-5-11-6-4-8/h3-6,12H,1-2H3. The lowest BCUT2D eigenvalue weighted by atomic mass is 10.1. The largest absolute Gasteiger partial charge is 0.300 e. The van der Waals surface area contributed by atoms with Gasteiger partial charge in [0, 0.05) is 25.1 Å². The maximum atomic E-state index is 11.7. The Morgan fingerprint density at radius 2 is 2.00 bits per heavy atom. The van der Waals surface area contributed by atoms with Gasteiger partial charge in [0.2, 0.25) is 0 Å². The fraction of sp³-hybridized carbons (Fsp3) is 0.200. The molecule has 4 heteroatoms. The summed E-state index contributed by atoms with van der Waals surface area (Å²) < 4.78 is 1.48. The molecule has 0 saturated carbocycles. The van der Waals surface area contributed by atoms with Crippen LogP contribution < -0.4 is 5.56 Å². The van der Waals surface area contributed by atoms with Crippen LogP contribution in [0, 0.1) is 6.92 Å². The van der Waals surface area contributed by atoms with E-state index < -0.39 is 0 Å². The first-order valence-corrected chi connectivity index (χ1v) is 4.36. The van der Waals surface area contributed by atoms with Gasteiger partial charge < -0.3 is 0 Å². The van der Waals surface area contributed by atoms with E-state index in [2.05, 4.69) is 10.1 Å². The number of aryl methyl sites for hydroxylation is 2. The van der Waals surface area contributed by atoms with Gasteiger partial charge >= 0.3 is 0 Å². The van der Waals surface area contributed by atoms with Crippen molar-refractivity contribution in [2.45, 2.75) is 6.92 Å². The van der Waals surface area contributed by atoms with Gasteiger partial charge in [-0.05, 0) is 24.6 Å². The summed E-state index contributed by atoms with van der Waals surface area (Å²) in [5, 5.41) is 2.96. The molecule has 1 N–H and O–H groups in total. The highest BCUT2D eigenvalue weighted by Crippen LogP contribution is 2.16. The van der Waals surface area contributed by atoms with Gasteiger partial charge in [-0.2, -0.15) is 0 Å². The van der Waals surface area contributed by atoms with Crippen LogP contribution in [-0.4, -0.2) is 14.8 Å². The summed E-state index contributed by atoms with van der Waals surface area (Å²) in [6.07, 6.45) is 3.36. The summed E-state index contributed by atoms with van der Waals surface area (Å²) in [4.78, 5) is 15.6. The van der Waals surface area contributed by atoms with Gasteiger partial charge in [-0.25, -0.2) is 0 Å². The highest BCUT2D eigenvalue weighted by Gasteiger charge is 2.10. The maximum Gasteiger partial charge on any atom is 0.274 e. The van der Waals surface area contributed by atoms with E-state index in [0.29, 0.717) is 0 Å². The molecule has 0 fully saturated rings. The van der Waals surface area contributed by atoms with Crippen molar-refractivity contribution in [1.29, 1.82) is 0 Å². The van der Waals surface area contributed by atoms with Crippen LogP contribution in [-0.2, 0) is 7.05 Å². The van der Waals surface area contributed by atoms with E-state index in [1.165, 1.54) is 4.68 Å². The van der Waals surface area contributed by atoms with Crippen molar-refractivity contribution >= 4 is 0 Å². The summed E-state index contributed by atoms with van der Waals surface area (Å²) in [5.41, 5.74) is 2.49. The Morgan fingerprint density at radius 3 is 2.50 bits per heavy atom. The van der Waals surface area contributed by atoms with Gasteiger partial charge in [0.25, 0.3) is 5.56 Å². The zero-order valence-corrected chi connectivity index (χ0v) is 8.11. The second kappa shape index (κ2) is 3.14. The van der Waals surface area contributed by atoms with Crippen LogP contribution in [0.4, 0.5) is 0 Å². The van der Waals surface area contributed by atoms with Crippen molar-refractivity contribution in [3.8, 4) is 11.1 Å². The molecule has 0 unspecified atom stereocenters. The molecule has 0 bridgehead atoms. The van der Waals surface area contributed by atoms with Gasteiger partial charge in [-0.15, -0.1) is 0 Å². The fourth-order valence-corrected chi connectivity index (χ4v) is 1.54. The van der Waals surface area contributed by atoms with E-state index in [-0.39, 0.29) is 5.56 Å². The quantitative estimate of drug-likeness (QED) is 0.729. The third-order valence-corrected chi connectivity index (χ3v) is 2.20. The summed E-state index contributed by atoms with van der Waals surface area (Å²) in [5.74, 6) is 0. The molecule has 0 radical (unpaired) electrons. The summed E-state index contributed by atoms with van der Waals surface area (Å²) in [6, 6.07) is 3.66. The summed E-state index contributed by atoms with van der Waals surface area (Å²) in [7, 11) is 1.71. The molecule has 0 aliphatic carbocycles. The lowest BCUT2D eigenvalue weighted by molar-refractivity contribution is 0.731. The van der Waals surface area contributed by atoms with Crippen LogP contribution in [0.5, 0.6) is 0 Å². The molecule has 2 aromatic heterocycles. The minimum absolute atomic E-state index is 0.00583. The molecule has 14 heavy (non-hydrogen) atoms. The van der Waals surface area contributed by atoms with E-state index in [1.54, 1.807) is 19.4 Å². The van der Waals surface area contributed by atoms with Crippen LogP contribution in [0.2, 0.25) is 0 Å². The number of nitrogens with one attached hydrogen (secondary N) is 1. The molecule has 72 valence electrons. The third-order valence-electron chi connectivity index (χ3n) is 2.20. The lowest BCUT2D eigenvalue weighted by Crippen LogP contribution is -2.13. The van der Waals surface area contributed by atoms with Gasteiger partial charge in [0.15, 0.2) is 0 Å². The number of hydrogen-bond acceptors (Lipinski definition) is 2. The summed E-state index contributed by atoms with van der Waals surface area (Å²) in [6.45, 7) is 1.89. The molecule has 0 amide bonds. The van der Waals surface area contributed by atoms with Crippen LogP contribution in [0.25, 0.3) is 11.1 Å². The Bertz CT molecular complexity index is 496. The van der Waals surface area contributed by atoms with Gasteiger partial charge in [-0.3, -0.25) is 19.6 Å². The van der Waals surface area contributed by atoms with Gasteiger partial charge in [0.1, 0.15) is 0 Å². The number of nitrogens with zero attached hydrogens (tertiary/aromatic N) is 2. The van der Waals surface area contributed by atoms with Gasteiger partial charge in [-0.1, -0.05) is 0 Å². The fourth-order valence-electron chi connectivity index (χ4n) is 1.54. The third kappa shape index (κ3) is 1.25. The lowest BCUT2D eigenvalue weighted by Gasteiger charge is -1.95. The van der Waals surface area contributed by atoms with E-state index in [0.717, 1.165) is 16.8 Å². The first-order chi connectivity index (χ1) is 6.70. The number of H-pyrrole nitrogens is 1. The highest BCUT2D eigenvalue weighted by atomic mass is 16.1. The second-order valence-electron chi connectivity index (χ2n) is 3.21. The van der Waals surface area contributed by atoms with Crippen molar-refractivity contribution < 1.29 is 0 Å². The SMILES string of the molecule is Cc1[nH]n(C)c(=O)c1-c1ccncc1. The van der Waals surface area contributed by atoms with E-state index in [4.69, 9.17) is 0 Å². The zero-order valence-electron chi connectivity index (χ0n) is 8.11. The van der Waals surface area contributed by atoms with Crippen molar-refractivity contribution in [2.24, 2.45) is 7.05 Å². The molecule has 0 aromatic carbocycles. The smallest absolute Gasteiger partial charge is 0.274 e. The molecule has 2 heterocycles. The first kappa shape index (κ1) is 8.74. The Morgan fingerprint density at radius 1 is 1.36 bits per heavy atom. The molecule has 0 aliphatic heterocycles. The van der Waals surface area contributed by atoms with Crippen molar-refractivity contribution in [2.75, 3.05) is 0 Å². The molecular formula is C10H11N3O. The second-order valence-corrected chi connectivity index (χ2v) is 3.21. The highest BCUT2D eigenvalue weighted by molar-refractivity contribution is 5.64.